The maximum absolute atomic E-state index is 12.7. The molecule has 1 heterocycles. The maximum Gasteiger partial charge on any atom is 0.274 e. The standard InChI is InChI=1S/C19H23N3O/c1-20(2)13-8-14-21-19(23)17-11-6-7-12-18(17)22(21)15-16-9-4-3-5-10-16/h3-7,9-12H,8,13-15H2,1-2H3. The lowest BCUT2D eigenvalue weighted by atomic mass is 10.2. The van der Waals surface area contributed by atoms with Crippen LogP contribution in [0.15, 0.2) is 59.4 Å². The Bertz CT molecular complexity index is 831. The van der Waals surface area contributed by atoms with Crippen molar-refractivity contribution in [1.29, 1.82) is 0 Å². The summed E-state index contributed by atoms with van der Waals surface area (Å²) in [6.45, 7) is 2.42. The van der Waals surface area contributed by atoms with Crippen LogP contribution in [0.25, 0.3) is 10.9 Å². The lowest BCUT2D eigenvalue weighted by Crippen LogP contribution is -2.25. The largest absolute Gasteiger partial charge is 0.309 e. The number of hydrogen-bond acceptors (Lipinski definition) is 2. The Kier molecular flexibility index (Phi) is 4.63. The molecule has 3 rings (SSSR count). The molecule has 0 aliphatic carbocycles. The van der Waals surface area contributed by atoms with Gasteiger partial charge in [0.1, 0.15) is 0 Å². The number of rotatable bonds is 6. The third-order valence-electron chi connectivity index (χ3n) is 4.09. The van der Waals surface area contributed by atoms with E-state index in [0.717, 1.165) is 30.4 Å². The first-order chi connectivity index (χ1) is 11.2. The molecule has 4 nitrogen and oxygen atoms in total. The van der Waals surface area contributed by atoms with Gasteiger partial charge in [-0.15, -0.1) is 0 Å². The zero-order chi connectivity index (χ0) is 16.2. The lowest BCUT2D eigenvalue weighted by molar-refractivity contribution is 0.365. The van der Waals surface area contributed by atoms with Crippen molar-refractivity contribution in [3.8, 4) is 0 Å². The summed E-state index contributed by atoms with van der Waals surface area (Å²) in [5, 5.41) is 0.799. The van der Waals surface area contributed by atoms with Gasteiger partial charge in [0.15, 0.2) is 0 Å². The fourth-order valence-corrected chi connectivity index (χ4v) is 2.94. The zero-order valence-electron chi connectivity index (χ0n) is 13.8. The van der Waals surface area contributed by atoms with E-state index in [4.69, 9.17) is 0 Å². The summed E-state index contributed by atoms with van der Waals surface area (Å²) in [7, 11) is 4.12. The van der Waals surface area contributed by atoms with Crippen LogP contribution in [0.1, 0.15) is 12.0 Å². The van der Waals surface area contributed by atoms with E-state index in [1.54, 1.807) is 0 Å². The minimum atomic E-state index is 0.107. The highest BCUT2D eigenvalue weighted by atomic mass is 16.1. The number of hydrogen-bond donors (Lipinski definition) is 0. The molecule has 4 heteroatoms. The van der Waals surface area contributed by atoms with Gasteiger partial charge in [0.2, 0.25) is 0 Å². The highest BCUT2D eigenvalue weighted by Gasteiger charge is 2.12. The van der Waals surface area contributed by atoms with Crippen molar-refractivity contribution < 1.29 is 0 Å². The lowest BCUT2D eigenvalue weighted by Gasteiger charge is -2.14. The highest BCUT2D eigenvalue weighted by molar-refractivity contribution is 5.78. The van der Waals surface area contributed by atoms with Crippen molar-refractivity contribution in [2.24, 2.45) is 0 Å². The first kappa shape index (κ1) is 15.6. The number of aromatic nitrogens is 2. The monoisotopic (exact) mass is 309 g/mol. The molecule has 120 valence electrons. The van der Waals surface area contributed by atoms with Gasteiger partial charge in [0.25, 0.3) is 5.56 Å². The Morgan fingerprint density at radius 3 is 2.35 bits per heavy atom. The number of nitrogens with zero attached hydrogens (tertiary/aromatic N) is 3. The van der Waals surface area contributed by atoms with Gasteiger partial charge in [-0.3, -0.25) is 9.48 Å². The number of para-hydroxylation sites is 1. The molecule has 3 aromatic rings. The molecule has 23 heavy (non-hydrogen) atoms. The highest BCUT2D eigenvalue weighted by Crippen LogP contribution is 2.14. The molecule has 0 bridgehead atoms. The van der Waals surface area contributed by atoms with Crippen LogP contribution in [0.2, 0.25) is 0 Å². The third kappa shape index (κ3) is 3.37. The predicted octanol–water partition coefficient (Wildman–Crippen LogP) is 2.80. The number of fused-ring (bicyclic) bond motifs is 1. The van der Waals surface area contributed by atoms with Crippen LogP contribution in [0.4, 0.5) is 0 Å². The topological polar surface area (TPSA) is 30.2 Å². The van der Waals surface area contributed by atoms with Gasteiger partial charge in [0, 0.05) is 6.54 Å². The summed E-state index contributed by atoms with van der Waals surface area (Å²) in [6, 6.07) is 18.2. The molecule has 0 saturated heterocycles. The summed E-state index contributed by atoms with van der Waals surface area (Å²) in [5.74, 6) is 0. The third-order valence-corrected chi connectivity index (χ3v) is 4.09. The summed E-state index contributed by atoms with van der Waals surface area (Å²) in [6.07, 6.45) is 0.956. The molecular weight excluding hydrogens is 286 g/mol. The molecular formula is C19H23N3O. The van der Waals surface area contributed by atoms with Gasteiger partial charge in [-0.05, 0) is 44.8 Å². The van der Waals surface area contributed by atoms with Gasteiger partial charge in [-0.1, -0.05) is 42.5 Å². The maximum atomic E-state index is 12.7. The van der Waals surface area contributed by atoms with Crippen LogP contribution < -0.4 is 5.56 Å². The van der Waals surface area contributed by atoms with E-state index in [9.17, 15) is 4.79 Å². The van der Waals surface area contributed by atoms with E-state index in [-0.39, 0.29) is 5.56 Å². The van der Waals surface area contributed by atoms with E-state index in [1.807, 2.05) is 47.1 Å². The van der Waals surface area contributed by atoms with Crippen molar-refractivity contribution in [1.82, 2.24) is 14.3 Å². The van der Waals surface area contributed by atoms with Crippen LogP contribution in [0.5, 0.6) is 0 Å². The van der Waals surface area contributed by atoms with E-state index in [2.05, 4.69) is 35.8 Å². The Morgan fingerprint density at radius 1 is 0.913 bits per heavy atom. The second kappa shape index (κ2) is 6.84. The van der Waals surface area contributed by atoms with E-state index >= 15 is 0 Å². The Labute approximate surface area is 136 Å². The van der Waals surface area contributed by atoms with E-state index in [0.29, 0.717) is 6.54 Å². The summed E-state index contributed by atoms with van der Waals surface area (Å²) in [4.78, 5) is 14.9. The van der Waals surface area contributed by atoms with Crippen LogP contribution in [0, 0.1) is 0 Å². The minimum absolute atomic E-state index is 0.107. The Balaban J connectivity index is 2.00. The van der Waals surface area contributed by atoms with Crippen LogP contribution >= 0.6 is 0 Å². The molecule has 0 aliphatic heterocycles. The fourth-order valence-electron chi connectivity index (χ4n) is 2.94. The Hall–Kier alpha value is -2.33. The molecule has 0 N–H and O–H groups in total. The normalized spacial score (nSPS) is 11.4. The zero-order valence-corrected chi connectivity index (χ0v) is 13.8. The van der Waals surface area contributed by atoms with Gasteiger partial charge < -0.3 is 4.90 Å². The molecule has 0 saturated carbocycles. The molecule has 0 unspecified atom stereocenters. The SMILES string of the molecule is CN(C)CCCn1c(=O)c2ccccc2n1Cc1ccccc1. The summed E-state index contributed by atoms with van der Waals surface area (Å²) < 4.78 is 4.00. The quantitative estimate of drug-likeness (QED) is 0.701. The molecule has 0 spiro atoms. The van der Waals surface area contributed by atoms with Crippen LogP contribution in [-0.4, -0.2) is 34.9 Å². The first-order valence-corrected chi connectivity index (χ1v) is 8.04. The average molecular weight is 309 g/mol. The molecule has 2 aromatic carbocycles. The van der Waals surface area contributed by atoms with E-state index < -0.39 is 0 Å². The molecule has 0 amide bonds. The fraction of sp³-hybridized carbons (Fsp3) is 0.316. The van der Waals surface area contributed by atoms with Crippen molar-refractivity contribution in [2.75, 3.05) is 20.6 Å². The second-order valence-electron chi connectivity index (χ2n) is 6.15. The van der Waals surface area contributed by atoms with Gasteiger partial charge in [-0.2, -0.15) is 0 Å². The van der Waals surface area contributed by atoms with Crippen LogP contribution in [0.3, 0.4) is 0 Å². The van der Waals surface area contributed by atoms with Gasteiger partial charge in [0.05, 0.1) is 17.4 Å². The van der Waals surface area contributed by atoms with Crippen molar-refractivity contribution in [3.63, 3.8) is 0 Å². The van der Waals surface area contributed by atoms with Crippen molar-refractivity contribution >= 4 is 10.9 Å². The van der Waals surface area contributed by atoms with Gasteiger partial charge >= 0.3 is 0 Å². The summed E-state index contributed by atoms with van der Waals surface area (Å²) in [5.41, 5.74) is 2.32. The second-order valence-corrected chi connectivity index (χ2v) is 6.15. The molecule has 1 aromatic heterocycles. The van der Waals surface area contributed by atoms with Gasteiger partial charge in [-0.25, -0.2) is 4.68 Å². The molecule has 0 atom stereocenters. The number of benzene rings is 2. The van der Waals surface area contributed by atoms with Crippen LogP contribution in [-0.2, 0) is 13.1 Å². The minimum Gasteiger partial charge on any atom is -0.309 e. The molecule has 0 aliphatic rings. The molecule has 0 fully saturated rings. The summed E-state index contributed by atoms with van der Waals surface area (Å²) >= 11 is 0. The first-order valence-electron chi connectivity index (χ1n) is 8.04. The smallest absolute Gasteiger partial charge is 0.274 e. The van der Waals surface area contributed by atoms with E-state index in [1.165, 1.54) is 5.56 Å². The molecule has 0 radical (unpaired) electrons. The Morgan fingerprint density at radius 2 is 1.61 bits per heavy atom. The average Bonchev–Trinajstić information content (AvgIpc) is 2.82. The van der Waals surface area contributed by atoms with Crippen molar-refractivity contribution in [2.45, 2.75) is 19.5 Å². The van der Waals surface area contributed by atoms with Crippen molar-refractivity contribution in [3.05, 3.63) is 70.5 Å². The predicted molar refractivity (Wildman–Crippen MR) is 94.9 cm³/mol.